The Morgan fingerprint density at radius 3 is 2.38 bits per heavy atom. The van der Waals surface area contributed by atoms with Crippen molar-refractivity contribution in [2.24, 2.45) is 11.0 Å². The lowest BCUT2D eigenvalue weighted by Gasteiger charge is -2.08. The smallest absolute Gasteiger partial charge is 0.119 e. The van der Waals surface area contributed by atoms with Crippen molar-refractivity contribution in [2.45, 2.75) is 13.8 Å². The van der Waals surface area contributed by atoms with Crippen LogP contribution in [0.15, 0.2) is 58.1 Å². The first-order valence-electron chi connectivity index (χ1n) is 6.91. The Hall–Kier alpha value is -1.81. The average Bonchev–Trinajstić information content (AvgIpc) is 2.48. The minimum atomic E-state index is 0.529. The summed E-state index contributed by atoms with van der Waals surface area (Å²) in [5, 5.41) is 4.21. The van der Waals surface area contributed by atoms with Crippen molar-refractivity contribution in [2.75, 3.05) is 12.0 Å². The van der Waals surface area contributed by atoms with E-state index in [2.05, 4.69) is 40.3 Å². The Balaban J connectivity index is 1.87. The number of benzene rings is 2. The predicted molar refractivity (Wildman–Crippen MR) is 92.1 cm³/mol. The van der Waals surface area contributed by atoms with Gasteiger partial charge in [0.05, 0.1) is 18.5 Å². The number of hydrogen-bond donors (Lipinski definition) is 1. The number of hydrazone groups is 1. The zero-order chi connectivity index (χ0) is 15.1. The largest absolute Gasteiger partial charge is 0.493 e. The van der Waals surface area contributed by atoms with Gasteiger partial charge in [0, 0.05) is 4.47 Å². The first-order chi connectivity index (χ1) is 10.1. The van der Waals surface area contributed by atoms with E-state index in [0.29, 0.717) is 5.92 Å². The van der Waals surface area contributed by atoms with Crippen LogP contribution in [0.2, 0.25) is 0 Å². The monoisotopic (exact) mass is 346 g/mol. The molecule has 0 atom stereocenters. The molecule has 21 heavy (non-hydrogen) atoms. The first kappa shape index (κ1) is 15.6. The molecule has 2 rings (SSSR count). The van der Waals surface area contributed by atoms with E-state index in [1.807, 2.05) is 48.5 Å². The van der Waals surface area contributed by atoms with Gasteiger partial charge in [-0.05, 0) is 60.0 Å². The Morgan fingerprint density at radius 2 is 1.76 bits per heavy atom. The van der Waals surface area contributed by atoms with Crippen LogP contribution in [0.25, 0.3) is 0 Å². The normalized spacial score (nSPS) is 11.0. The Morgan fingerprint density at radius 1 is 1.10 bits per heavy atom. The van der Waals surface area contributed by atoms with Crippen LogP contribution in [0.4, 0.5) is 5.69 Å². The second-order valence-corrected chi connectivity index (χ2v) is 6.07. The second-order valence-electron chi connectivity index (χ2n) is 5.15. The van der Waals surface area contributed by atoms with Gasteiger partial charge in [-0.2, -0.15) is 5.10 Å². The summed E-state index contributed by atoms with van der Waals surface area (Å²) in [7, 11) is 0. The van der Waals surface area contributed by atoms with Crippen LogP contribution in [-0.2, 0) is 0 Å². The van der Waals surface area contributed by atoms with Gasteiger partial charge in [-0.25, -0.2) is 0 Å². The molecule has 0 bridgehead atoms. The number of rotatable bonds is 6. The molecule has 0 aliphatic carbocycles. The number of hydrogen-bond acceptors (Lipinski definition) is 3. The summed E-state index contributed by atoms with van der Waals surface area (Å²) in [6, 6.07) is 15.8. The molecule has 0 saturated heterocycles. The zero-order valence-electron chi connectivity index (χ0n) is 12.2. The van der Waals surface area contributed by atoms with Crippen LogP contribution in [0.1, 0.15) is 19.4 Å². The average molecular weight is 347 g/mol. The van der Waals surface area contributed by atoms with E-state index in [1.54, 1.807) is 6.21 Å². The van der Waals surface area contributed by atoms with E-state index in [4.69, 9.17) is 4.74 Å². The second kappa shape index (κ2) is 7.84. The van der Waals surface area contributed by atoms with E-state index in [0.717, 1.165) is 28.1 Å². The number of nitrogens with zero attached hydrogens (tertiary/aromatic N) is 1. The lowest BCUT2D eigenvalue weighted by molar-refractivity contribution is 0.271. The van der Waals surface area contributed by atoms with Crippen molar-refractivity contribution in [3.8, 4) is 5.75 Å². The van der Waals surface area contributed by atoms with Gasteiger partial charge in [0.15, 0.2) is 0 Å². The summed E-state index contributed by atoms with van der Waals surface area (Å²) in [6.45, 7) is 5.00. The van der Waals surface area contributed by atoms with Gasteiger partial charge < -0.3 is 4.74 Å². The molecule has 0 spiro atoms. The van der Waals surface area contributed by atoms with E-state index in [9.17, 15) is 0 Å². The van der Waals surface area contributed by atoms with Gasteiger partial charge in [-0.1, -0.05) is 29.8 Å². The van der Waals surface area contributed by atoms with Crippen LogP contribution >= 0.6 is 15.9 Å². The fourth-order valence-corrected chi connectivity index (χ4v) is 1.88. The van der Waals surface area contributed by atoms with Gasteiger partial charge in [0.25, 0.3) is 0 Å². The summed E-state index contributed by atoms with van der Waals surface area (Å²) in [5.74, 6) is 1.42. The molecular weight excluding hydrogens is 328 g/mol. The minimum absolute atomic E-state index is 0.529. The molecular formula is C17H19BrN2O. The predicted octanol–water partition coefficient (Wildman–Crippen LogP) is 4.93. The van der Waals surface area contributed by atoms with Gasteiger partial charge in [-0.15, -0.1) is 0 Å². The maximum atomic E-state index is 5.64. The van der Waals surface area contributed by atoms with Crippen LogP contribution < -0.4 is 10.2 Å². The highest BCUT2D eigenvalue weighted by Gasteiger charge is 1.97. The van der Waals surface area contributed by atoms with Crippen LogP contribution in [-0.4, -0.2) is 12.8 Å². The Bertz CT molecular complexity index is 577. The number of ether oxygens (including phenoxy) is 1. The highest BCUT2D eigenvalue weighted by Crippen LogP contribution is 2.14. The third-order valence-corrected chi connectivity index (χ3v) is 3.24. The maximum absolute atomic E-state index is 5.64. The molecule has 0 radical (unpaired) electrons. The molecule has 0 unspecified atom stereocenters. The zero-order valence-corrected chi connectivity index (χ0v) is 13.8. The standard InChI is InChI=1S/C17H19BrN2O/c1-13(2)12-21-17-9-3-14(4-10-17)11-19-20-16-7-5-15(18)6-8-16/h3-11,13,20H,12H2,1-2H3/b19-11-. The van der Waals surface area contributed by atoms with Crippen molar-refractivity contribution < 1.29 is 4.74 Å². The molecule has 0 aliphatic rings. The topological polar surface area (TPSA) is 33.6 Å². The molecule has 2 aromatic rings. The summed E-state index contributed by atoms with van der Waals surface area (Å²) in [6.07, 6.45) is 1.79. The molecule has 1 N–H and O–H groups in total. The lowest BCUT2D eigenvalue weighted by atomic mass is 10.2. The summed E-state index contributed by atoms with van der Waals surface area (Å²) >= 11 is 3.40. The molecule has 2 aromatic carbocycles. The van der Waals surface area contributed by atoms with Crippen molar-refractivity contribution in [3.05, 3.63) is 58.6 Å². The molecule has 4 heteroatoms. The fraction of sp³-hybridized carbons (Fsp3) is 0.235. The number of anilines is 1. The third-order valence-electron chi connectivity index (χ3n) is 2.71. The molecule has 0 amide bonds. The van der Waals surface area contributed by atoms with E-state index in [-0.39, 0.29) is 0 Å². The molecule has 0 aliphatic heterocycles. The van der Waals surface area contributed by atoms with Crippen molar-refractivity contribution in [1.29, 1.82) is 0 Å². The summed E-state index contributed by atoms with van der Waals surface area (Å²) < 4.78 is 6.69. The van der Waals surface area contributed by atoms with Crippen molar-refractivity contribution >= 4 is 27.8 Å². The highest BCUT2D eigenvalue weighted by atomic mass is 79.9. The number of nitrogens with one attached hydrogen (secondary N) is 1. The molecule has 0 saturated carbocycles. The van der Waals surface area contributed by atoms with Crippen LogP contribution in [0, 0.1) is 5.92 Å². The molecule has 110 valence electrons. The van der Waals surface area contributed by atoms with Gasteiger partial charge in [0.2, 0.25) is 0 Å². The third kappa shape index (κ3) is 5.60. The maximum Gasteiger partial charge on any atom is 0.119 e. The van der Waals surface area contributed by atoms with Gasteiger partial charge in [-0.3, -0.25) is 5.43 Å². The van der Waals surface area contributed by atoms with E-state index < -0.39 is 0 Å². The Kier molecular flexibility index (Phi) is 5.81. The Labute approximate surface area is 134 Å². The van der Waals surface area contributed by atoms with Gasteiger partial charge >= 0.3 is 0 Å². The highest BCUT2D eigenvalue weighted by molar-refractivity contribution is 9.10. The van der Waals surface area contributed by atoms with Gasteiger partial charge in [0.1, 0.15) is 5.75 Å². The lowest BCUT2D eigenvalue weighted by Crippen LogP contribution is -2.04. The first-order valence-corrected chi connectivity index (χ1v) is 7.70. The fourth-order valence-electron chi connectivity index (χ4n) is 1.62. The summed E-state index contributed by atoms with van der Waals surface area (Å²) in [5.41, 5.74) is 4.97. The molecule has 0 heterocycles. The minimum Gasteiger partial charge on any atom is -0.493 e. The molecule has 0 fully saturated rings. The van der Waals surface area contributed by atoms with Crippen molar-refractivity contribution in [1.82, 2.24) is 0 Å². The van der Waals surface area contributed by atoms with E-state index >= 15 is 0 Å². The van der Waals surface area contributed by atoms with E-state index in [1.165, 1.54) is 0 Å². The number of halogens is 1. The SMILES string of the molecule is CC(C)COc1ccc(/C=N\Nc2ccc(Br)cc2)cc1. The van der Waals surface area contributed by atoms with Crippen LogP contribution in [0.5, 0.6) is 5.75 Å². The molecule has 0 aromatic heterocycles. The summed E-state index contributed by atoms with van der Waals surface area (Å²) in [4.78, 5) is 0. The quantitative estimate of drug-likeness (QED) is 0.594. The van der Waals surface area contributed by atoms with Crippen molar-refractivity contribution in [3.63, 3.8) is 0 Å². The van der Waals surface area contributed by atoms with Crippen LogP contribution in [0.3, 0.4) is 0 Å². The molecule has 3 nitrogen and oxygen atoms in total.